The molecule has 1 aliphatic heterocycles. The first kappa shape index (κ1) is 12.5. The van der Waals surface area contributed by atoms with Crippen LogP contribution in [0.1, 0.15) is 6.23 Å². The van der Waals surface area contributed by atoms with Gasteiger partial charge in [-0.05, 0) is 0 Å². The van der Waals surface area contributed by atoms with E-state index in [1.165, 1.54) is 12.3 Å². The lowest BCUT2D eigenvalue weighted by Gasteiger charge is -2.16. The molecular weight excluding hydrogens is 296 g/mol. The van der Waals surface area contributed by atoms with Gasteiger partial charge < -0.3 is 14.9 Å². The molecule has 0 radical (unpaired) electrons. The van der Waals surface area contributed by atoms with E-state index < -0.39 is 34.5 Å². The predicted molar refractivity (Wildman–Crippen MR) is 61.0 cm³/mol. The van der Waals surface area contributed by atoms with E-state index in [1.54, 1.807) is 0 Å². The molecule has 94 valence electrons. The maximum absolute atomic E-state index is 11.5. The summed E-state index contributed by atoms with van der Waals surface area (Å²) in [7, 11) is 0. The monoisotopic (exact) mass is 306 g/mol. The lowest BCUT2D eigenvalue weighted by Crippen LogP contribution is -2.35. The molecule has 1 fully saturated rings. The summed E-state index contributed by atoms with van der Waals surface area (Å²) >= 11 is 3.20. The molecule has 0 aromatic carbocycles. The fourth-order valence-corrected chi connectivity index (χ4v) is 2.43. The molecule has 7 nitrogen and oxygen atoms in total. The lowest BCUT2D eigenvalue weighted by atomic mass is 10.2. The van der Waals surface area contributed by atoms with Crippen molar-refractivity contribution in [3.8, 4) is 0 Å². The molecule has 4 atom stereocenters. The number of aromatic nitrogens is 2. The number of nitrogens with zero attached hydrogens (tertiary/aromatic N) is 1. The zero-order chi connectivity index (χ0) is 12.6. The zero-order valence-electron chi connectivity index (χ0n) is 8.62. The highest BCUT2D eigenvalue weighted by molar-refractivity contribution is 9.09. The summed E-state index contributed by atoms with van der Waals surface area (Å²) < 4.78 is 6.49. The Morgan fingerprint density at radius 1 is 1.53 bits per heavy atom. The van der Waals surface area contributed by atoms with Crippen molar-refractivity contribution in [2.45, 2.75) is 23.3 Å². The van der Waals surface area contributed by atoms with Crippen LogP contribution in [0, 0.1) is 0 Å². The molecular formula is C9H11BrN2O5. The van der Waals surface area contributed by atoms with Gasteiger partial charge in [0.05, 0.1) is 17.5 Å². The molecule has 0 amide bonds. The van der Waals surface area contributed by atoms with Gasteiger partial charge in [0.1, 0.15) is 6.10 Å². The average molecular weight is 307 g/mol. The van der Waals surface area contributed by atoms with E-state index in [9.17, 15) is 14.7 Å². The van der Waals surface area contributed by atoms with Crippen molar-refractivity contribution in [3.63, 3.8) is 0 Å². The lowest BCUT2D eigenvalue weighted by molar-refractivity contribution is -0.0456. The minimum Gasteiger partial charge on any atom is -0.394 e. The molecule has 1 aromatic rings. The standard InChI is InChI=1S/C9H11BrN2O5/c10-6-7(15)4(3-13)17-8(6)12-2-1-5(14)11-9(12)16/h1-2,4,6-8,13,15H,3H2,(H,11,14,16)/t4-,6+,7+,8-/m1/s1. The maximum atomic E-state index is 11.5. The van der Waals surface area contributed by atoms with Gasteiger partial charge in [0.15, 0.2) is 6.23 Å². The van der Waals surface area contributed by atoms with Gasteiger partial charge in [0.2, 0.25) is 0 Å². The van der Waals surface area contributed by atoms with Crippen LogP contribution in [0.5, 0.6) is 0 Å². The Bertz CT molecular complexity index is 513. The average Bonchev–Trinajstić information content (AvgIpc) is 2.57. The highest BCUT2D eigenvalue weighted by atomic mass is 79.9. The van der Waals surface area contributed by atoms with Crippen LogP contribution in [-0.2, 0) is 4.74 Å². The number of nitrogens with one attached hydrogen (secondary N) is 1. The maximum Gasteiger partial charge on any atom is 0.330 e. The number of halogens is 1. The van der Waals surface area contributed by atoms with E-state index >= 15 is 0 Å². The van der Waals surface area contributed by atoms with Gasteiger partial charge in [-0.3, -0.25) is 14.3 Å². The number of ether oxygens (including phenoxy) is 1. The Balaban J connectivity index is 2.35. The Labute approximate surface area is 104 Å². The summed E-state index contributed by atoms with van der Waals surface area (Å²) in [5, 5.41) is 18.7. The molecule has 0 spiro atoms. The number of alkyl halides is 1. The summed E-state index contributed by atoms with van der Waals surface area (Å²) in [5.74, 6) is 0. The fourth-order valence-electron chi connectivity index (χ4n) is 1.71. The highest BCUT2D eigenvalue weighted by Gasteiger charge is 2.43. The summed E-state index contributed by atoms with van der Waals surface area (Å²) in [6, 6.07) is 1.18. The van der Waals surface area contributed by atoms with Gasteiger partial charge in [-0.15, -0.1) is 0 Å². The fraction of sp³-hybridized carbons (Fsp3) is 0.556. The number of aliphatic hydroxyl groups excluding tert-OH is 2. The van der Waals surface area contributed by atoms with Crippen molar-refractivity contribution in [1.29, 1.82) is 0 Å². The molecule has 1 aromatic heterocycles. The zero-order valence-corrected chi connectivity index (χ0v) is 10.2. The number of hydrogen-bond acceptors (Lipinski definition) is 5. The molecule has 0 unspecified atom stereocenters. The van der Waals surface area contributed by atoms with Gasteiger partial charge in [-0.1, -0.05) is 15.9 Å². The minimum absolute atomic E-state index is 0.349. The van der Waals surface area contributed by atoms with Crippen LogP contribution < -0.4 is 11.2 Å². The Morgan fingerprint density at radius 2 is 2.24 bits per heavy atom. The number of H-pyrrole nitrogens is 1. The van der Waals surface area contributed by atoms with Gasteiger partial charge in [-0.2, -0.15) is 0 Å². The van der Waals surface area contributed by atoms with Crippen LogP contribution >= 0.6 is 15.9 Å². The largest absolute Gasteiger partial charge is 0.394 e. The first-order chi connectivity index (χ1) is 8.04. The molecule has 2 heterocycles. The van der Waals surface area contributed by atoms with Crippen LogP contribution in [-0.4, -0.2) is 43.4 Å². The Hall–Kier alpha value is -0.960. The molecule has 0 aliphatic carbocycles. The van der Waals surface area contributed by atoms with Crippen LogP contribution in [0.3, 0.4) is 0 Å². The molecule has 0 saturated carbocycles. The van der Waals surface area contributed by atoms with E-state index in [1.807, 2.05) is 0 Å². The summed E-state index contributed by atoms with van der Waals surface area (Å²) in [4.78, 5) is 24.0. The van der Waals surface area contributed by atoms with Crippen molar-refractivity contribution in [1.82, 2.24) is 9.55 Å². The second kappa shape index (κ2) is 4.73. The number of aliphatic hydroxyl groups is 2. The third kappa shape index (κ3) is 2.21. The minimum atomic E-state index is -0.927. The number of rotatable bonds is 2. The SMILES string of the molecule is O=c1ccn([C@@H]2O[C@H](CO)[C@H](O)[C@@H]2Br)c(=O)[nH]1. The van der Waals surface area contributed by atoms with Crippen molar-refractivity contribution in [2.75, 3.05) is 6.61 Å². The van der Waals surface area contributed by atoms with Crippen molar-refractivity contribution < 1.29 is 14.9 Å². The van der Waals surface area contributed by atoms with E-state index in [0.717, 1.165) is 4.57 Å². The summed E-state index contributed by atoms with van der Waals surface area (Å²) in [6.45, 7) is -0.349. The van der Waals surface area contributed by atoms with Crippen molar-refractivity contribution in [2.24, 2.45) is 0 Å². The molecule has 2 rings (SSSR count). The molecule has 3 N–H and O–H groups in total. The van der Waals surface area contributed by atoms with E-state index in [-0.39, 0.29) is 6.61 Å². The Kier molecular flexibility index (Phi) is 3.48. The van der Waals surface area contributed by atoms with E-state index in [0.29, 0.717) is 0 Å². The van der Waals surface area contributed by atoms with Gasteiger partial charge in [0, 0.05) is 12.3 Å². The van der Waals surface area contributed by atoms with E-state index in [2.05, 4.69) is 20.9 Å². The predicted octanol–water partition coefficient (Wildman–Crippen LogP) is -1.45. The number of aromatic amines is 1. The number of hydrogen-bond donors (Lipinski definition) is 3. The van der Waals surface area contributed by atoms with Gasteiger partial charge in [0.25, 0.3) is 5.56 Å². The third-order valence-electron chi connectivity index (χ3n) is 2.60. The summed E-state index contributed by atoms with van der Waals surface area (Å²) in [6.07, 6.45) is -1.18. The molecule has 8 heteroatoms. The molecule has 0 bridgehead atoms. The molecule has 1 saturated heterocycles. The van der Waals surface area contributed by atoms with Crippen LogP contribution in [0.4, 0.5) is 0 Å². The molecule has 1 aliphatic rings. The topological polar surface area (TPSA) is 105 Å². The van der Waals surface area contributed by atoms with Crippen LogP contribution in [0.25, 0.3) is 0 Å². The first-order valence-electron chi connectivity index (χ1n) is 4.94. The first-order valence-corrected chi connectivity index (χ1v) is 5.86. The van der Waals surface area contributed by atoms with Crippen molar-refractivity contribution >= 4 is 15.9 Å². The van der Waals surface area contributed by atoms with Crippen molar-refractivity contribution in [3.05, 3.63) is 33.1 Å². The third-order valence-corrected chi connectivity index (χ3v) is 3.59. The second-order valence-corrected chi connectivity index (χ2v) is 4.76. The van der Waals surface area contributed by atoms with Gasteiger partial charge >= 0.3 is 5.69 Å². The van der Waals surface area contributed by atoms with Crippen LogP contribution in [0.15, 0.2) is 21.9 Å². The highest BCUT2D eigenvalue weighted by Crippen LogP contribution is 2.33. The Morgan fingerprint density at radius 3 is 2.76 bits per heavy atom. The smallest absolute Gasteiger partial charge is 0.330 e. The van der Waals surface area contributed by atoms with Crippen LogP contribution in [0.2, 0.25) is 0 Å². The van der Waals surface area contributed by atoms with Gasteiger partial charge in [-0.25, -0.2) is 4.79 Å². The van der Waals surface area contributed by atoms with E-state index in [4.69, 9.17) is 9.84 Å². The normalized spacial score (nSPS) is 32.9. The quantitative estimate of drug-likeness (QED) is 0.580. The molecule has 17 heavy (non-hydrogen) atoms. The second-order valence-electron chi connectivity index (χ2n) is 3.70. The summed E-state index contributed by atoms with van der Waals surface area (Å²) in [5.41, 5.74) is -1.13.